The van der Waals surface area contributed by atoms with E-state index >= 15 is 0 Å². The number of benzene rings is 1. The lowest BCUT2D eigenvalue weighted by Crippen LogP contribution is -2.32. The zero-order valence-corrected chi connectivity index (χ0v) is 11.8. The highest BCUT2D eigenvalue weighted by molar-refractivity contribution is 6.08. The van der Waals surface area contributed by atoms with Gasteiger partial charge in [0.2, 0.25) is 0 Å². The maximum Gasteiger partial charge on any atom is 0.132 e. The van der Waals surface area contributed by atoms with Crippen LogP contribution in [-0.2, 0) is 10.2 Å². The van der Waals surface area contributed by atoms with Crippen LogP contribution in [0.2, 0.25) is 0 Å². The average molecular weight is 277 g/mol. The summed E-state index contributed by atoms with van der Waals surface area (Å²) >= 11 is 0. The van der Waals surface area contributed by atoms with Gasteiger partial charge in [0, 0.05) is 36.7 Å². The number of fused-ring (bicyclic) bond motifs is 2. The second kappa shape index (κ2) is 4.98. The number of hydrogen-bond acceptors (Lipinski definition) is 5. The molecule has 5 heteroatoms. The smallest absolute Gasteiger partial charge is 0.132 e. The quantitative estimate of drug-likeness (QED) is 0.666. The maximum atomic E-state index is 9.34. The number of rotatable bonds is 2. The van der Waals surface area contributed by atoms with E-state index in [-0.39, 0.29) is 5.41 Å². The van der Waals surface area contributed by atoms with E-state index in [1.807, 2.05) is 12.1 Å². The molecule has 1 heterocycles. The van der Waals surface area contributed by atoms with E-state index in [1.54, 1.807) is 14.2 Å². The van der Waals surface area contributed by atoms with E-state index in [0.29, 0.717) is 11.5 Å². The van der Waals surface area contributed by atoms with Crippen LogP contribution in [0.5, 0.6) is 11.5 Å². The maximum absolute atomic E-state index is 9.34. The van der Waals surface area contributed by atoms with Gasteiger partial charge in [0.25, 0.3) is 0 Å². The van der Waals surface area contributed by atoms with Crippen LogP contribution in [0.1, 0.15) is 30.4 Å². The lowest BCUT2D eigenvalue weighted by molar-refractivity contribution is 0.0538. The Labute approximate surface area is 118 Å². The topological polar surface area (TPSA) is 60.3 Å². The molecule has 1 aliphatic carbocycles. The van der Waals surface area contributed by atoms with Gasteiger partial charge in [-0.1, -0.05) is 5.16 Å². The molecule has 1 spiro atoms. The molecule has 1 aliphatic heterocycles. The van der Waals surface area contributed by atoms with Crippen molar-refractivity contribution in [2.75, 3.05) is 27.4 Å². The molecule has 0 atom stereocenters. The molecule has 1 fully saturated rings. The predicted octanol–water partition coefficient (Wildman–Crippen LogP) is 2.33. The van der Waals surface area contributed by atoms with Gasteiger partial charge in [0.05, 0.1) is 19.9 Å². The van der Waals surface area contributed by atoms with Crippen molar-refractivity contribution in [1.29, 1.82) is 0 Å². The Morgan fingerprint density at radius 1 is 1.20 bits per heavy atom. The minimum atomic E-state index is -0.0169. The normalized spacial score (nSPS) is 22.0. The average Bonchev–Trinajstić information content (AvgIpc) is 2.81. The van der Waals surface area contributed by atoms with Crippen molar-refractivity contribution in [2.45, 2.75) is 24.7 Å². The van der Waals surface area contributed by atoms with Gasteiger partial charge >= 0.3 is 0 Å². The zero-order valence-electron chi connectivity index (χ0n) is 11.8. The molecule has 0 aromatic heterocycles. The molecular weight excluding hydrogens is 258 g/mol. The third kappa shape index (κ3) is 1.85. The van der Waals surface area contributed by atoms with Crippen LogP contribution in [0.25, 0.3) is 0 Å². The van der Waals surface area contributed by atoms with Crippen LogP contribution in [-0.4, -0.2) is 38.4 Å². The number of hydrogen-bond donors (Lipinski definition) is 1. The Hall–Kier alpha value is -1.75. The molecule has 0 amide bonds. The van der Waals surface area contributed by atoms with E-state index in [4.69, 9.17) is 14.2 Å². The van der Waals surface area contributed by atoms with Gasteiger partial charge in [0.1, 0.15) is 11.5 Å². The highest BCUT2D eigenvalue weighted by atomic mass is 16.5. The van der Waals surface area contributed by atoms with Gasteiger partial charge < -0.3 is 19.4 Å². The molecule has 20 heavy (non-hydrogen) atoms. The van der Waals surface area contributed by atoms with Crippen molar-refractivity contribution in [2.24, 2.45) is 5.16 Å². The van der Waals surface area contributed by atoms with Crippen LogP contribution in [0.4, 0.5) is 0 Å². The van der Waals surface area contributed by atoms with Crippen molar-refractivity contribution in [1.82, 2.24) is 0 Å². The summed E-state index contributed by atoms with van der Waals surface area (Å²) in [5, 5.41) is 12.8. The molecular formula is C15H19NO4. The standard InChI is InChI=1S/C15H19NO4/c1-18-10-7-11-14(13(8-10)19-2)12(16-17)9-15(11)3-5-20-6-4-15/h7-8,17H,3-6,9H2,1-2H3/b16-12-. The largest absolute Gasteiger partial charge is 0.497 e. The third-order valence-electron chi connectivity index (χ3n) is 4.47. The second-order valence-electron chi connectivity index (χ2n) is 5.37. The molecule has 1 saturated heterocycles. The number of nitrogens with zero attached hydrogens (tertiary/aromatic N) is 1. The van der Waals surface area contributed by atoms with Gasteiger partial charge in [-0.15, -0.1) is 0 Å². The Morgan fingerprint density at radius 2 is 1.95 bits per heavy atom. The van der Waals surface area contributed by atoms with Gasteiger partial charge in [-0.3, -0.25) is 0 Å². The summed E-state index contributed by atoms with van der Waals surface area (Å²) in [7, 11) is 3.27. The third-order valence-corrected chi connectivity index (χ3v) is 4.47. The predicted molar refractivity (Wildman–Crippen MR) is 74.2 cm³/mol. The fraction of sp³-hybridized carbons (Fsp3) is 0.533. The summed E-state index contributed by atoms with van der Waals surface area (Å²) in [6, 6.07) is 3.88. The number of oxime groups is 1. The van der Waals surface area contributed by atoms with Crippen molar-refractivity contribution in [3.8, 4) is 11.5 Å². The Morgan fingerprint density at radius 3 is 2.55 bits per heavy atom. The molecule has 1 aromatic carbocycles. The summed E-state index contributed by atoms with van der Waals surface area (Å²) in [5.41, 5.74) is 2.75. The minimum Gasteiger partial charge on any atom is -0.497 e. The Kier molecular flexibility index (Phi) is 3.30. The highest BCUT2D eigenvalue weighted by Gasteiger charge is 2.45. The first-order chi connectivity index (χ1) is 9.74. The molecule has 0 saturated carbocycles. The van der Waals surface area contributed by atoms with E-state index in [9.17, 15) is 5.21 Å². The summed E-state index contributed by atoms with van der Waals surface area (Å²) in [4.78, 5) is 0. The van der Waals surface area contributed by atoms with E-state index in [1.165, 1.54) is 0 Å². The lowest BCUT2D eigenvalue weighted by atomic mass is 9.75. The van der Waals surface area contributed by atoms with Crippen LogP contribution in [0, 0.1) is 0 Å². The lowest BCUT2D eigenvalue weighted by Gasteiger charge is -2.34. The molecule has 1 N–H and O–H groups in total. The van der Waals surface area contributed by atoms with Crippen molar-refractivity contribution in [3.63, 3.8) is 0 Å². The fourth-order valence-corrected chi connectivity index (χ4v) is 3.38. The summed E-state index contributed by atoms with van der Waals surface area (Å²) < 4.78 is 16.3. The zero-order chi connectivity index (χ0) is 14.2. The van der Waals surface area contributed by atoms with Crippen LogP contribution in [0.15, 0.2) is 17.3 Å². The first kappa shape index (κ1) is 13.2. The molecule has 108 valence electrons. The first-order valence-electron chi connectivity index (χ1n) is 6.79. The van der Waals surface area contributed by atoms with Gasteiger partial charge in [-0.05, 0) is 24.5 Å². The molecule has 2 aliphatic rings. The van der Waals surface area contributed by atoms with E-state index < -0.39 is 0 Å². The van der Waals surface area contributed by atoms with Crippen molar-refractivity contribution < 1.29 is 19.4 Å². The molecule has 1 aromatic rings. The SMILES string of the molecule is COc1cc(OC)c2c(c1)C1(CCOCC1)C/C2=N/O. The number of ether oxygens (including phenoxy) is 3. The van der Waals surface area contributed by atoms with Gasteiger partial charge in [-0.25, -0.2) is 0 Å². The summed E-state index contributed by atoms with van der Waals surface area (Å²) in [6.45, 7) is 1.47. The second-order valence-corrected chi connectivity index (χ2v) is 5.37. The molecule has 0 bridgehead atoms. The molecule has 0 radical (unpaired) electrons. The summed E-state index contributed by atoms with van der Waals surface area (Å²) in [5.74, 6) is 1.47. The highest BCUT2D eigenvalue weighted by Crippen LogP contribution is 2.50. The minimum absolute atomic E-state index is 0.0169. The Bertz CT molecular complexity index is 547. The van der Waals surface area contributed by atoms with Crippen molar-refractivity contribution >= 4 is 5.71 Å². The van der Waals surface area contributed by atoms with E-state index in [0.717, 1.165) is 49.4 Å². The molecule has 0 unspecified atom stereocenters. The number of methoxy groups -OCH3 is 2. The van der Waals surface area contributed by atoms with Crippen molar-refractivity contribution in [3.05, 3.63) is 23.3 Å². The first-order valence-corrected chi connectivity index (χ1v) is 6.79. The summed E-state index contributed by atoms with van der Waals surface area (Å²) in [6.07, 6.45) is 2.58. The van der Waals surface area contributed by atoms with Crippen LogP contribution >= 0.6 is 0 Å². The fourth-order valence-electron chi connectivity index (χ4n) is 3.38. The monoisotopic (exact) mass is 277 g/mol. The van der Waals surface area contributed by atoms with E-state index in [2.05, 4.69) is 5.16 Å². The molecule has 5 nitrogen and oxygen atoms in total. The Balaban J connectivity index is 2.20. The van der Waals surface area contributed by atoms with Gasteiger partial charge in [0.15, 0.2) is 0 Å². The van der Waals surface area contributed by atoms with Crippen LogP contribution in [0.3, 0.4) is 0 Å². The van der Waals surface area contributed by atoms with Gasteiger partial charge in [-0.2, -0.15) is 0 Å². The van der Waals surface area contributed by atoms with Crippen LogP contribution < -0.4 is 9.47 Å². The molecule has 3 rings (SSSR count).